The minimum absolute atomic E-state index is 0.288. The van der Waals surface area contributed by atoms with Crippen LogP contribution in [-0.2, 0) is 0 Å². The van der Waals surface area contributed by atoms with Crippen LogP contribution in [0, 0.1) is 23.3 Å². The normalized spacial score (nSPS) is 10.4. The van der Waals surface area contributed by atoms with Crippen molar-refractivity contribution in [2.24, 2.45) is 0 Å². The zero-order valence-electron chi connectivity index (χ0n) is 9.75. The number of thiol groups is 1. The predicted molar refractivity (Wildman–Crippen MR) is 67.9 cm³/mol. The Morgan fingerprint density at radius 3 is 2.25 bits per heavy atom. The summed E-state index contributed by atoms with van der Waals surface area (Å²) < 4.78 is 52.5. The Hall–Kier alpha value is -2.02. The summed E-state index contributed by atoms with van der Waals surface area (Å²) in [6.45, 7) is 0. The van der Waals surface area contributed by atoms with Crippen LogP contribution in [0.15, 0.2) is 35.2 Å². The molecule has 2 aromatic carbocycles. The number of anilines is 1. The van der Waals surface area contributed by atoms with E-state index in [1.54, 1.807) is 0 Å². The van der Waals surface area contributed by atoms with Crippen LogP contribution in [0.4, 0.5) is 23.2 Å². The van der Waals surface area contributed by atoms with Crippen LogP contribution in [0.25, 0.3) is 0 Å². The molecule has 1 amide bonds. The molecule has 0 aliphatic heterocycles. The first-order chi connectivity index (χ1) is 9.38. The second-order valence-corrected chi connectivity index (χ2v) is 4.38. The van der Waals surface area contributed by atoms with E-state index in [0.29, 0.717) is 11.0 Å². The highest BCUT2D eigenvalue weighted by atomic mass is 32.1. The third kappa shape index (κ3) is 2.93. The van der Waals surface area contributed by atoms with Crippen molar-refractivity contribution in [1.82, 2.24) is 0 Å². The maximum Gasteiger partial charge on any atom is 0.258 e. The second-order valence-electron chi connectivity index (χ2n) is 3.86. The largest absolute Gasteiger partial charge is 0.319 e. The van der Waals surface area contributed by atoms with Crippen molar-refractivity contribution >= 4 is 24.2 Å². The van der Waals surface area contributed by atoms with Gasteiger partial charge in [-0.3, -0.25) is 4.79 Å². The lowest BCUT2D eigenvalue weighted by Crippen LogP contribution is -2.15. The Morgan fingerprint density at radius 1 is 0.900 bits per heavy atom. The molecule has 104 valence electrons. The first-order valence-corrected chi connectivity index (χ1v) is 5.77. The Labute approximate surface area is 116 Å². The summed E-state index contributed by atoms with van der Waals surface area (Å²) in [5.41, 5.74) is -0.973. The van der Waals surface area contributed by atoms with Gasteiger partial charge in [-0.25, -0.2) is 17.6 Å². The Bertz CT molecular complexity index is 690. The molecule has 0 fully saturated rings. The third-order valence-corrected chi connectivity index (χ3v) is 2.73. The molecule has 2 rings (SSSR count). The Morgan fingerprint density at radius 2 is 1.55 bits per heavy atom. The molecule has 1 N–H and O–H groups in total. The van der Waals surface area contributed by atoms with Gasteiger partial charge in [0.2, 0.25) is 0 Å². The molecule has 0 atom stereocenters. The van der Waals surface area contributed by atoms with Gasteiger partial charge >= 0.3 is 0 Å². The molecule has 7 heteroatoms. The standard InChI is InChI=1S/C13H7F4NOS/c14-8-2-1-6(20)3-7(8)13(19)18-12-5-10(16)9(15)4-11(12)17/h1-5,20H,(H,18,19). The van der Waals surface area contributed by atoms with E-state index in [9.17, 15) is 22.4 Å². The lowest BCUT2D eigenvalue weighted by atomic mass is 10.2. The summed E-state index contributed by atoms with van der Waals surface area (Å²) in [5.74, 6) is -5.72. The highest BCUT2D eigenvalue weighted by Crippen LogP contribution is 2.20. The van der Waals surface area contributed by atoms with Gasteiger partial charge in [0.1, 0.15) is 11.6 Å². The maximum atomic E-state index is 13.4. The second kappa shape index (κ2) is 5.54. The number of nitrogens with one attached hydrogen (secondary N) is 1. The van der Waals surface area contributed by atoms with Crippen molar-refractivity contribution in [3.63, 3.8) is 0 Å². The van der Waals surface area contributed by atoms with Crippen molar-refractivity contribution in [3.05, 3.63) is 59.2 Å². The SMILES string of the molecule is O=C(Nc1cc(F)c(F)cc1F)c1cc(S)ccc1F. The van der Waals surface area contributed by atoms with Crippen molar-refractivity contribution in [2.45, 2.75) is 4.90 Å². The van der Waals surface area contributed by atoms with E-state index < -0.39 is 34.9 Å². The molecular weight excluding hydrogens is 294 g/mol. The van der Waals surface area contributed by atoms with E-state index in [1.165, 1.54) is 6.07 Å². The summed E-state index contributed by atoms with van der Waals surface area (Å²) in [5, 5.41) is 1.97. The molecular formula is C13H7F4NOS. The van der Waals surface area contributed by atoms with Crippen molar-refractivity contribution < 1.29 is 22.4 Å². The van der Waals surface area contributed by atoms with Crippen molar-refractivity contribution in [1.29, 1.82) is 0 Å². The fraction of sp³-hybridized carbons (Fsp3) is 0. The van der Waals surface area contributed by atoms with Gasteiger partial charge in [0.05, 0.1) is 11.3 Å². The number of rotatable bonds is 2. The summed E-state index contributed by atoms with van der Waals surface area (Å²) in [6, 6.07) is 4.24. The minimum Gasteiger partial charge on any atom is -0.319 e. The van der Waals surface area contributed by atoms with Crippen LogP contribution < -0.4 is 5.32 Å². The topological polar surface area (TPSA) is 29.1 Å². The highest BCUT2D eigenvalue weighted by molar-refractivity contribution is 7.80. The van der Waals surface area contributed by atoms with Gasteiger partial charge in [-0.1, -0.05) is 0 Å². The van der Waals surface area contributed by atoms with E-state index in [0.717, 1.165) is 12.1 Å². The molecule has 0 aliphatic rings. The average Bonchev–Trinajstić information content (AvgIpc) is 2.38. The van der Waals surface area contributed by atoms with Crippen molar-refractivity contribution in [3.8, 4) is 0 Å². The number of benzene rings is 2. The average molecular weight is 301 g/mol. The summed E-state index contributed by atoms with van der Waals surface area (Å²) >= 11 is 3.94. The van der Waals surface area contributed by atoms with E-state index in [4.69, 9.17) is 0 Å². The van der Waals surface area contributed by atoms with Crippen LogP contribution in [0.2, 0.25) is 0 Å². The molecule has 0 saturated carbocycles. The molecule has 0 bridgehead atoms. The fourth-order valence-electron chi connectivity index (χ4n) is 1.50. The van der Waals surface area contributed by atoms with Gasteiger partial charge in [-0.2, -0.15) is 0 Å². The number of hydrogen-bond donors (Lipinski definition) is 2. The third-order valence-electron chi connectivity index (χ3n) is 2.45. The van der Waals surface area contributed by atoms with E-state index >= 15 is 0 Å². The van der Waals surface area contributed by atoms with Crippen LogP contribution in [0.3, 0.4) is 0 Å². The number of amides is 1. The first-order valence-electron chi connectivity index (χ1n) is 5.33. The Kier molecular flexibility index (Phi) is 3.99. The van der Waals surface area contributed by atoms with Gasteiger partial charge in [0.25, 0.3) is 5.91 Å². The molecule has 0 spiro atoms. The van der Waals surface area contributed by atoms with E-state index in [-0.39, 0.29) is 11.6 Å². The van der Waals surface area contributed by atoms with E-state index in [1.807, 2.05) is 5.32 Å². The van der Waals surface area contributed by atoms with Gasteiger partial charge in [0, 0.05) is 17.0 Å². The minimum atomic E-state index is -1.39. The van der Waals surface area contributed by atoms with Crippen LogP contribution in [-0.4, -0.2) is 5.91 Å². The zero-order chi connectivity index (χ0) is 14.9. The zero-order valence-corrected chi connectivity index (χ0v) is 10.6. The molecule has 2 nitrogen and oxygen atoms in total. The van der Waals surface area contributed by atoms with Gasteiger partial charge in [-0.05, 0) is 18.2 Å². The molecule has 0 aromatic heterocycles. The molecule has 0 saturated heterocycles. The first kappa shape index (κ1) is 14.4. The number of halogens is 4. The molecule has 20 heavy (non-hydrogen) atoms. The lowest BCUT2D eigenvalue weighted by Gasteiger charge is -2.08. The number of hydrogen-bond acceptors (Lipinski definition) is 2. The van der Waals surface area contributed by atoms with Gasteiger partial charge in [-0.15, -0.1) is 12.6 Å². The highest BCUT2D eigenvalue weighted by Gasteiger charge is 2.16. The predicted octanol–water partition coefficient (Wildman–Crippen LogP) is 3.78. The summed E-state index contributed by atoms with van der Waals surface area (Å²) in [7, 11) is 0. The molecule has 0 unspecified atom stereocenters. The van der Waals surface area contributed by atoms with Gasteiger partial charge in [0.15, 0.2) is 11.6 Å². The summed E-state index contributed by atoms with van der Waals surface area (Å²) in [6.07, 6.45) is 0. The molecule has 0 radical (unpaired) electrons. The fourth-order valence-corrected chi connectivity index (χ4v) is 1.70. The number of carbonyl (C=O) groups is 1. The monoisotopic (exact) mass is 301 g/mol. The van der Waals surface area contributed by atoms with Crippen LogP contribution >= 0.6 is 12.6 Å². The number of carbonyl (C=O) groups excluding carboxylic acids is 1. The smallest absolute Gasteiger partial charge is 0.258 e. The van der Waals surface area contributed by atoms with Gasteiger partial charge < -0.3 is 5.32 Å². The maximum absolute atomic E-state index is 13.4. The quantitative estimate of drug-likeness (QED) is 0.493. The molecule has 0 heterocycles. The lowest BCUT2D eigenvalue weighted by molar-refractivity contribution is 0.102. The molecule has 2 aromatic rings. The molecule has 0 aliphatic carbocycles. The Balaban J connectivity index is 2.32. The van der Waals surface area contributed by atoms with Crippen LogP contribution in [0.1, 0.15) is 10.4 Å². The summed E-state index contributed by atoms with van der Waals surface area (Å²) in [4.78, 5) is 12.1. The van der Waals surface area contributed by atoms with Crippen LogP contribution in [0.5, 0.6) is 0 Å². The van der Waals surface area contributed by atoms with E-state index in [2.05, 4.69) is 12.6 Å². The van der Waals surface area contributed by atoms with Crippen molar-refractivity contribution in [2.75, 3.05) is 5.32 Å².